The van der Waals surface area contributed by atoms with E-state index >= 15 is 0 Å². The number of pyridine rings is 4. The van der Waals surface area contributed by atoms with Crippen LogP contribution in [0.25, 0.3) is 21.8 Å². The number of aromatic carboxylic acids is 1. The fraction of sp³-hybridized carbons (Fsp3) is 0.224. The summed E-state index contributed by atoms with van der Waals surface area (Å²) >= 11 is 0. The van der Waals surface area contributed by atoms with Gasteiger partial charge in [0.15, 0.2) is 11.4 Å². The molecule has 0 unspecified atom stereocenters. The lowest BCUT2D eigenvalue weighted by Gasteiger charge is -2.11. The third-order valence-corrected chi connectivity index (χ3v) is 10.4. The van der Waals surface area contributed by atoms with E-state index in [1.807, 2.05) is 109 Å². The molecule has 0 bridgehead atoms. The topological polar surface area (TPSA) is 279 Å². The van der Waals surface area contributed by atoms with Crippen LogP contribution in [-0.4, -0.2) is 63.6 Å². The van der Waals surface area contributed by atoms with Crippen LogP contribution in [0.15, 0.2) is 85.5 Å². The molecule has 0 aliphatic rings. The van der Waals surface area contributed by atoms with Crippen LogP contribution in [0, 0.1) is 64.2 Å². The maximum Gasteiger partial charge on any atom is 0.340 e. The number of carboxylic acids is 1. The van der Waals surface area contributed by atoms with Crippen LogP contribution in [0.3, 0.4) is 0 Å². The molecular weight excluding hydrogens is 887 g/mol. The standard InChI is InChI=1S/C24H23N7O.C16H12N4O2.C8H13N3.CH3F.ClH/c1-14-6-18-8-17(4-5-21(18)27-10-14)12-31-13-20(22(9-25)30-31)24(32)28-11-19-15(2)7-23(26)29-16(19)3;1-10-4-12-5-11(2-3-14(12)18-7-10)8-20-9-13(16(21)22)15(6-17)19-20;1-5-3-8(10)11-6(2)7(5)4-9;1-2;/h4-8,10,13H,11-12H2,1-3H3,(H2,26,29)(H,28,32);2-5,7,9H,8H2,1H3,(H,21,22);3H,4,9H2,1-2H3,(H2,10,11);1H3;1H/i;;;1D;. The van der Waals surface area contributed by atoms with Gasteiger partial charge in [0.25, 0.3) is 5.91 Å². The molecule has 17 nitrogen and oxygen atoms in total. The van der Waals surface area contributed by atoms with Crippen LogP contribution in [0.4, 0.5) is 16.0 Å². The average Bonchev–Trinajstić information content (AvgIpc) is 3.90. The van der Waals surface area contributed by atoms with Crippen LogP contribution in [0.5, 0.6) is 0 Å². The van der Waals surface area contributed by atoms with Crippen molar-refractivity contribution in [2.45, 2.75) is 67.7 Å². The van der Waals surface area contributed by atoms with Gasteiger partial charge in [-0.1, -0.05) is 12.1 Å². The van der Waals surface area contributed by atoms with Gasteiger partial charge in [0.2, 0.25) is 0 Å². The predicted molar refractivity (Wildman–Crippen MR) is 262 cm³/mol. The number of nitriles is 2. The lowest BCUT2D eigenvalue weighted by Crippen LogP contribution is -2.24. The number of hydrogen-bond acceptors (Lipinski definition) is 13. The molecule has 19 heteroatoms. The number of carbonyl (C=O) groups is 2. The van der Waals surface area contributed by atoms with E-state index in [1.54, 1.807) is 23.0 Å². The number of nitrogens with two attached hydrogens (primary N) is 3. The highest BCUT2D eigenvalue weighted by atomic mass is 35.5. The van der Waals surface area contributed by atoms with Crippen molar-refractivity contribution >= 4 is 57.7 Å². The fourth-order valence-electron chi connectivity index (χ4n) is 7.26. The van der Waals surface area contributed by atoms with E-state index in [4.69, 9.17) is 28.9 Å². The molecule has 0 radical (unpaired) electrons. The fourth-order valence-corrected chi connectivity index (χ4v) is 7.26. The lowest BCUT2D eigenvalue weighted by molar-refractivity contribution is 0.0696. The van der Waals surface area contributed by atoms with E-state index in [1.165, 1.54) is 10.9 Å². The first-order chi connectivity index (χ1) is 32.5. The summed E-state index contributed by atoms with van der Waals surface area (Å²) in [5.41, 5.74) is 28.7. The van der Waals surface area contributed by atoms with Gasteiger partial charge < -0.3 is 27.6 Å². The van der Waals surface area contributed by atoms with E-state index < -0.39 is 13.1 Å². The second-order valence-corrected chi connectivity index (χ2v) is 15.5. The van der Waals surface area contributed by atoms with Crippen molar-refractivity contribution in [2.75, 3.05) is 18.6 Å². The Labute approximate surface area is 400 Å². The number of aromatic nitrogens is 8. The molecule has 68 heavy (non-hydrogen) atoms. The zero-order valence-corrected chi connectivity index (χ0v) is 39.2. The number of carbonyl (C=O) groups excluding carboxylic acids is 1. The van der Waals surface area contributed by atoms with Crippen molar-refractivity contribution in [1.82, 2.24) is 44.8 Å². The molecule has 0 saturated heterocycles. The Morgan fingerprint density at radius 3 is 1.59 bits per heavy atom. The van der Waals surface area contributed by atoms with Crippen molar-refractivity contribution < 1.29 is 20.5 Å². The maximum atomic E-state index is 12.8. The molecule has 1 amide bonds. The number of halogens is 2. The molecule has 2 aromatic carbocycles. The van der Waals surface area contributed by atoms with E-state index in [-0.39, 0.29) is 47.4 Å². The van der Waals surface area contributed by atoms with Crippen molar-refractivity contribution in [3.8, 4) is 12.1 Å². The molecular formula is C49H52ClFN14O3. The third kappa shape index (κ3) is 13.2. The van der Waals surface area contributed by atoms with Gasteiger partial charge in [-0.15, -0.1) is 12.4 Å². The lowest BCUT2D eigenvalue weighted by atomic mass is 10.1. The van der Waals surface area contributed by atoms with E-state index in [0.29, 0.717) is 31.3 Å². The highest BCUT2D eigenvalue weighted by Gasteiger charge is 2.18. The number of rotatable bonds is 9. The van der Waals surface area contributed by atoms with Crippen LogP contribution in [0.1, 0.15) is 89.4 Å². The van der Waals surface area contributed by atoms with E-state index in [0.717, 1.165) is 77.7 Å². The Morgan fingerprint density at radius 2 is 1.18 bits per heavy atom. The summed E-state index contributed by atoms with van der Waals surface area (Å²) in [6.07, 6.45) is 6.63. The Balaban J connectivity index is 0.000000241. The first-order valence-corrected chi connectivity index (χ1v) is 20.6. The van der Waals surface area contributed by atoms with Crippen molar-refractivity contribution in [3.05, 3.63) is 164 Å². The number of anilines is 2. The monoisotopic (exact) mass is 939 g/mol. The molecule has 0 aliphatic carbocycles. The normalized spacial score (nSPS) is 10.4. The summed E-state index contributed by atoms with van der Waals surface area (Å²) in [6, 6.07) is 23.3. The number of nitrogens with one attached hydrogen (secondary N) is 1. The van der Waals surface area contributed by atoms with E-state index in [2.05, 4.69) is 41.5 Å². The quantitative estimate of drug-likeness (QED) is 0.0951. The number of nitrogen functional groups attached to an aromatic ring is 2. The van der Waals surface area contributed by atoms with Crippen molar-refractivity contribution in [1.29, 1.82) is 10.5 Å². The Morgan fingerprint density at radius 1 is 0.735 bits per heavy atom. The molecule has 8 rings (SSSR count). The first kappa shape index (κ1) is 50.7. The van der Waals surface area contributed by atoms with Gasteiger partial charge in [0, 0.05) is 60.0 Å². The summed E-state index contributed by atoms with van der Waals surface area (Å²) in [5.74, 6) is -0.497. The number of benzene rings is 2. The SMILES string of the molecule is Cc1cc(N)nc(C)c1CN.Cc1cnc2ccc(Cn3cc(C(=O)NCc4c(C)cc(N)nc4C)c(C#N)n3)cc2c1.Cc1cnc2ccc(Cn3cc(C(=O)O)c(C#N)n3)cc2c1.Cl.[2H]CF. The average molecular weight is 941 g/mol. The van der Waals surface area contributed by atoms with Gasteiger partial charge in [0.1, 0.15) is 29.3 Å². The molecule has 0 saturated carbocycles. The predicted octanol–water partition coefficient (Wildman–Crippen LogP) is 7.29. The van der Waals surface area contributed by atoms with Crippen LogP contribution >= 0.6 is 12.4 Å². The molecule has 0 spiro atoms. The van der Waals surface area contributed by atoms with Crippen LogP contribution < -0.4 is 22.5 Å². The molecule has 8 aromatic rings. The summed E-state index contributed by atoms with van der Waals surface area (Å²) in [4.78, 5) is 41.0. The van der Waals surface area contributed by atoms with Gasteiger partial charge in [-0.05, 0) is 135 Å². The zero-order valence-electron chi connectivity index (χ0n) is 39.4. The van der Waals surface area contributed by atoms with Crippen molar-refractivity contribution in [2.24, 2.45) is 5.73 Å². The minimum absolute atomic E-state index is 0. The number of nitrogens with zero attached hydrogens (tertiary/aromatic N) is 10. The van der Waals surface area contributed by atoms with Crippen molar-refractivity contribution in [3.63, 3.8) is 0 Å². The van der Waals surface area contributed by atoms with E-state index in [9.17, 15) is 19.2 Å². The summed E-state index contributed by atoms with van der Waals surface area (Å²) in [5, 5.41) is 40.7. The number of alkyl halides is 1. The number of hydrogen-bond donors (Lipinski definition) is 5. The van der Waals surface area contributed by atoms with Gasteiger partial charge in [-0.3, -0.25) is 28.5 Å². The first-order valence-electron chi connectivity index (χ1n) is 21.4. The second-order valence-electron chi connectivity index (χ2n) is 15.5. The summed E-state index contributed by atoms with van der Waals surface area (Å²) < 4.78 is 18.6. The minimum atomic E-state index is -1.15. The Kier molecular flexibility index (Phi) is 17.7. The second kappa shape index (κ2) is 23.7. The zero-order chi connectivity index (χ0) is 49.7. The third-order valence-electron chi connectivity index (χ3n) is 10.4. The van der Waals surface area contributed by atoms with Gasteiger partial charge in [-0.2, -0.15) is 20.7 Å². The number of fused-ring (bicyclic) bond motifs is 2. The Bertz CT molecular complexity index is 3170. The molecule has 0 aliphatic heterocycles. The minimum Gasteiger partial charge on any atom is -0.478 e. The molecule has 6 aromatic heterocycles. The largest absolute Gasteiger partial charge is 0.478 e. The summed E-state index contributed by atoms with van der Waals surface area (Å²) in [7, 11) is -1.00. The van der Waals surface area contributed by atoms with Gasteiger partial charge >= 0.3 is 5.97 Å². The van der Waals surface area contributed by atoms with Gasteiger partial charge in [0.05, 0.1) is 38.2 Å². The van der Waals surface area contributed by atoms with Crippen LogP contribution in [-0.2, 0) is 26.2 Å². The highest BCUT2D eigenvalue weighted by molar-refractivity contribution is 5.96. The molecule has 6 heterocycles. The van der Waals surface area contributed by atoms with Gasteiger partial charge in [-0.25, -0.2) is 14.8 Å². The smallest absolute Gasteiger partial charge is 0.340 e. The molecule has 8 N–H and O–H groups in total. The molecule has 0 fully saturated rings. The molecule has 350 valence electrons. The highest BCUT2D eigenvalue weighted by Crippen LogP contribution is 2.20. The number of amides is 1. The molecule has 0 atom stereocenters. The summed E-state index contributed by atoms with van der Waals surface area (Å²) in [6.45, 7) is 13.3. The maximum absolute atomic E-state index is 12.8. The number of aryl methyl sites for hydroxylation is 6. The Hall–Kier alpha value is -8.32. The van der Waals surface area contributed by atoms with Crippen LogP contribution in [0.2, 0.25) is 0 Å². The number of carboxylic acid groups (broad SMARTS) is 1.